The Morgan fingerprint density at radius 2 is 2.54 bits per heavy atom. The molecule has 0 radical (unpaired) electrons. The van der Waals surface area contributed by atoms with Gasteiger partial charge in [0, 0.05) is 12.7 Å². The van der Waals surface area contributed by atoms with Crippen LogP contribution in [0.2, 0.25) is 0 Å². The van der Waals surface area contributed by atoms with Crippen molar-refractivity contribution in [3.05, 3.63) is 11.9 Å². The van der Waals surface area contributed by atoms with Crippen LogP contribution in [0.4, 0.5) is 4.39 Å². The molecule has 72 valence electrons. The zero-order valence-electron chi connectivity index (χ0n) is 7.57. The van der Waals surface area contributed by atoms with E-state index in [0.29, 0.717) is 6.54 Å². The second-order valence-corrected chi connectivity index (χ2v) is 3.42. The third-order valence-electron chi connectivity index (χ3n) is 2.34. The van der Waals surface area contributed by atoms with E-state index < -0.39 is 6.17 Å². The number of nitrogens with one attached hydrogen (secondary N) is 1. The van der Waals surface area contributed by atoms with Crippen molar-refractivity contribution in [2.24, 2.45) is 0 Å². The molecule has 0 bridgehead atoms. The number of hydrogen-bond acceptors (Lipinski definition) is 3. The number of alkyl halides is 1. The summed E-state index contributed by atoms with van der Waals surface area (Å²) in [5.74, 6) is 0. The minimum Gasteiger partial charge on any atom is -0.314 e. The number of aromatic nitrogens is 3. The summed E-state index contributed by atoms with van der Waals surface area (Å²) in [4.78, 5) is 0. The summed E-state index contributed by atoms with van der Waals surface area (Å²) in [6.07, 6.45) is 1.72. The average molecular weight is 184 g/mol. The highest BCUT2D eigenvalue weighted by Gasteiger charge is 2.26. The van der Waals surface area contributed by atoms with Crippen molar-refractivity contribution >= 4 is 0 Å². The lowest BCUT2D eigenvalue weighted by atomic mass is 10.1. The minimum absolute atomic E-state index is 0.137. The van der Waals surface area contributed by atoms with E-state index in [1.165, 1.54) is 0 Å². The highest BCUT2D eigenvalue weighted by molar-refractivity contribution is 4.91. The van der Waals surface area contributed by atoms with Crippen LogP contribution in [-0.2, 0) is 0 Å². The van der Waals surface area contributed by atoms with Gasteiger partial charge in [0.25, 0.3) is 0 Å². The van der Waals surface area contributed by atoms with E-state index in [0.717, 1.165) is 18.7 Å². The molecular formula is C8H13FN4. The Hall–Kier alpha value is -0.970. The van der Waals surface area contributed by atoms with Crippen molar-refractivity contribution in [2.45, 2.75) is 25.6 Å². The van der Waals surface area contributed by atoms with E-state index in [9.17, 15) is 4.39 Å². The van der Waals surface area contributed by atoms with E-state index in [2.05, 4.69) is 15.6 Å². The summed E-state index contributed by atoms with van der Waals surface area (Å²) in [6, 6.07) is -0.137. The first-order valence-electron chi connectivity index (χ1n) is 4.50. The third kappa shape index (κ3) is 1.70. The van der Waals surface area contributed by atoms with Gasteiger partial charge in [0.05, 0.1) is 11.7 Å². The normalized spacial score (nSPS) is 29.1. The van der Waals surface area contributed by atoms with E-state index in [4.69, 9.17) is 0 Å². The molecule has 13 heavy (non-hydrogen) atoms. The van der Waals surface area contributed by atoms with Gasteiger partial charge in [0.2, 0.25) is 0 Å². The van der Waals surface area contributed by atoms with Gasteiger partial charge in [-0.2, -0.15) is 0 Å². The first-order valence-corrected chi connectivity index (χ1v) is 4.50. The Bertz CT molecular complexity index is 285. The molecule has 1 aliphatic rings. The van der Waals surface area contributed by atoms with E-state index >= 15 is 0 Å². The number of aryl methyl sites for hydroxylation is 1. The van der Waals surface area contributed by atoms with Gasteiger partial charge in [-0.05, 0) is 19.9 Å². The fourth-order valence-corrected chi connectivity index (χ4v) is 1.63. The molecule has 1 aromatic heterocycles. The van der Waals surface area contributed by atoms with Crippen molar-refractivity contribution < 1.29 is 4.39 Å². The molecule has 1 aliphatic heterocycles. The molecule has 1 saturated heterocycles. The van der Waals surface area contributed by atoms with Crippen LogP contribution >= 0.6 is 0 Å². The summed E-state index contributed by atoms with van der Waals surface area (Å²) in [5.41, 5.74) is 0.839. The van der Waals surface area contributed by atoms with Gasteiger partial charge >= 0.3 is 0 Å². The number of piperidine rings is 1. The molecular weight excluding hydrogens is 171 g/mol. The lowest BCUT2D eigenvalue weighted by Crippen LogP contribution is -2.39. The van der Waals surface area contributed by atoms with Crippen molar-refractivity contribution in [3.63, 3.8) is 0 Å². The SMILES string of the molecule is Cc1cn(C2CCNC[C@@H]2F)nn1. The summed E-state index contributed by atoms with van der Waals surface area (Å²) in [6.45, 7) is 3.13. The van der Waals surface area contributed by atoms with Crippen LogP contribution < -0.4 is 5.32 Å². The maximum Gasteiger partial charge on any atom is 0.135 e. The second-order valence-electron chi connectivity index (χ2n) is 3.42. The quantitative estimate of drug-likeness (QED) is 0.689. The van der Waals surface area contributed by atoms with Gasteiger partial charge in [-0.1, -0.05) is 5.21 Å². The first-order chi connectivity index (χ1) is 6.27. The van der Waals surface area contributed by atoms with Gasteiger partial charge < -0.3 is 5.32 Å². The van der Waals surface area contributed by atoms with E-state index in [1.807, 2.05) is 6.92 Å². The van der Waals surface area contributed by atoms with E-state index in [-0.39, 0.29) is 6.04 Å². The predicted molar refractivity (Wildman–Crippen MR) is 46.2 cm³/mol. The molecule has 0 amide bonds. The Morgan fingerprint density at radius 3 is 3.15 bits per heavy atom. The molecule has 2 rings (SSSR count). The number of rotatable bonds is 1. The molecule has 1 aromatic rings. The third-order valence-corrected chi connectivity index (χ3v) is 2.34. The van der Waals surface area contributed by atoms with Gasteiger partial charge in [-0.25, -0.2) is 9.07 Å². The molecule has 2 atom stereocenters. The Balaban J connectivity index is 2.14. The summed E-state index contributed by atoms with van der Waals surface area (Å²) < 4.78 is 15.0. The smallest absolute Gasteiger partial charge is 0.135 e. The monoisotopic (exact) mass is 184 g/mol. The number of hydrogen-bond donors (Lipinski definition) is 1. The van der Waals surface area contributed by atoms with Gasteiger partial charge in [0.15, 0.2) is 0 Å². The molecule has 4 nitrogen and oxygen atoms in total. The average Bonchev–Trinajstić information content (AvgIpc) is 2.53. The van der Waals surface area contributed by atoms with Crippen LogP contribution in [0.1, 0.15) is 18.2 Å². The van der Waals surface area contributed by atoms with Crippen LogP contribution in [0.15, 0.2) is 6.20 Å². The van der Waals surface area contributed by atoms with Crippen LogP contribution in [0.5, 0.6) is 0 Å². The molecule has 0 aromatic carbocycles. The lowest BCUT2D eigenvalue weighted by Gasteiger charge is -2.26. The fourth-order valence-electron chi connectivity index (χ4n) is 1.63. The van der Waals surface area contributed by atoms with Crippen LogP contribution in [0.3, 0.4) is 0 Å². The van der Waals surface area contributed by atoms with Crippen molar-refractivity contribution in [1.29, 1.82) is 0 Å². The molecule has 0 aliphatic carbocycles. The zero-order chi connectivity index (χ0) is 9.26. The molecule has 1 fully saturated rings. The highest BCUT2D eigenvalue weighted by Crippen LogP contribution is 2.20. The van der Waals surface area contributed by atoms with Crippen LogP contribution in [-0.4, -0.2) is 34.3 Å². The molecule has 0 spiro atoms. The second kappa shape index (κ2) is 3.41. The minimum atomic E-state index is -0.852. The van der Waals surface area contributed by atoms with Crippen molar-refractivity contribution in [3.8, 4) is 0 Å². The van der Waals surface area contributed by atoms with Gasteiger partial charge in [0.1, 0.15) is 6.17 Å². The van der Waals surface area contributed by atoms with Crippen LogP contribution in [0.25, 0.3) is 0 Å². The lowest BCUT2D eigenvalue weighted by molar-refractivity contribution is 0.171. The topological polar surface area (TPSA) is 42.7 Å². The maximum atomic E-state index is 13.4. The summed E-state index contributed by atoms with van der Waals surface area (Å²) >= 11 is 0. The van der Waals surface area contributed by atoms with Gasteiger partial charge in [-0.15, -0.1) is 5.10 Å². The number of nitrogens with zero attached hydrogens (tertiary/aromatic N) is 3. The molecule has 1 N–H and O–H groups in total. The fraction of sp³-hybridized carbons (Fsp3) is 0.750. The van der Waals surface area contributed by atoms with Crippen LogP contribution in [0, 0.1) is 6.92 Å². The Morgan fingerprint density at radius 1 is 1.69 bits per heavy atom. The molecule has 5 heteroatoms. The molecule has 2 heterocycles. The summed E-state index contributed by atoms with van der Waals surface area (Å²) in [7, 11) is 0. The van der Waals surface area contributed by atoms with Crippen molar-refractivity contribution in [2.75, 3.05) is 13.1 Å². The predicted octanol–water partition coefficient (Wildman–Crippen LogP) is 0.459. The van der Waals surface area contributed by atoms with Crippen molar-refractivity contribution in [1.82, 2.24) is 20.3 Å². The highest BCUT2D eigenvalue weighted by atomic mass is 19.1. The standard InChI is InChI=1S/C8H13FN4/c1-6-5-13(12-11-6)8-2-3-10-4-7(8)9/h5,7-8,10H,2-4H2,1H3/t7-,8?/m0/s1. The maximum absolute atomic E-state index is 13.4. The Kier molecular flexibility index (Phi) is 2.26. The molecule has 0 saturated carbocycles. The largest absolute Gasteiger partial charge is 0.314 e. The van der Waals surface area contributed by atoms with Gasteiger partial charge in [-0.3, -0.25) is 0 Å². The molecule has 1 unspecified atom stereocenters. The first kappa shape index (κ1) is 8.62. The zero-order valence-corrected chi connectivity index (χ0v) is 7.57. The summed E-state index contributed by atoms with van der Waals surface area (Å²) in [5, 5.41) is 10.7. The Labute approximate surface area is 76.1 Å². The number of halogens is 1. The van der Waals surface area contributed by atoms with E-state index in [1.54, 1.807) is 10.9 Å².